The van der Waals surface area contributed by atoms with Crippen LogP contribution in [0.25, 0.3) is 11.3 Å². The Balaban J connectivity index is 1.47. The first-order valence-electron chi connectivity index (χ1n) is 7.58. The van der Waals surface area contributed by atoms with Crippen LogP contribution in [0.2, 0.25) is 0 Å². The zero-order chi connectivity index (χ0) is 14.2. The molecule has 1 aromatic heterocycles. The van der Waals surface area contributed by atoms with Gasteiger partial charge in [-0.15, -0.1) is 0 Å². The van der Waals surface area contributed by atoms with Crippen LogP contribution in [-0.2, 0) is 0 Å². The van der Waals surface area contributed by atoms with Crippen molar-refractivity contribution in [3.05, 3.63) is 48.2 Å². The van der Waals surface area contributed by atoms with Crippen LogP contribution in [0.5, 0.6) is 0 Å². The molecule has 2 fully saturated rings. The molecule has 3 atom stereocenters. The van der Waals surface area contributed by atoms with Gasteiger partial charge in [0, 0.05) is 24.3 Å². The number of piperidine rings is 1. The van der Waals surface area contributed by atoms with Gasteiger partial charge in [-0.05, 0) is 36.5 Å². The van der Waals surface area contributed by atoms with Gasteiger partial charge in [-0.3, -0.25) is 4.79 Å². The molecule has 1 amide bonds. The number of fused-ring (bicyclic) bond motifs is 2. The second kappa shape index (κ2) is 5.04. The molecule has 2 bridgehead atoms. The molecule has 1 saturated heterocycles. The molecule has 2 aromatic rings. The molecule has 21 heavy (non-hydrogen) atoms. The molecule has 4 nitrogen and oxygen atoms in total. The minimum Gasteiger partial charge on any atom is -0.351 e. The number of H-pyrrole nitrogens is 1. The molecule has 1 aliphatic carbocycles. The lowest BCUT2D eigenvalue weighted by atomic mass is 10.0. The Hall–Kier alpha value is -2.07. The van der Waals surface area contributed by atoms with E-state index in [2.05, 4.69) is 15.6 Å². The Bertz CT molecular complexity index is 649. The highest BCUT2D eigenvalue weighted by Gasteiger charge is 2.40. The van der Waals surface area contributed by atoms with Gasteiger partial charge in [-0.25, -0.2) is 0 Å². The van der Waals surface area contributed by atoms with E-state index in [1.54, 1.807) is 0 Å². The monoisotopic (exact) mass is 281 g/mol. The van der Waals surface area contributed by atoms with E-state index in [1.807, 2.05) is 42.5 Å². The summed E-state index contributed by atoms with van der Waals surface area (Å²) in [6, 6.07) is 14.8. The van der Waals surface area contributed by atoms with E-state index in [9.17, 15) is 4.79 Å². The molecule has 2 heterocycles. The Morgan fingerprint density at radius 2 is 1.95 bits per heavy atom. The van der Waals surface area contributed by atoms with Gasteiger partial charge in [-0.2, -0.15) is 0 Å². The van der Waals surface area contributed by atoms with Crippen LogP contribution in [0.4, 0.5) is 0 Å². The average molecular weight is 281 g/mol. The largest absolute Gasteiger partial charge is 0.351 e. The summed E-state index contributed by atoms with van der Waals surface area (Å²) in [4.78, 5) is 15.6. The predicted molar refractivity (Wildman–Crippen MR) is 82.0 cm³/mol. The van der Waals surface area contributed by atoms with Crippen LogP contribution < -0.4 is 10.6 Å². The molecular formula is C17H19N3O. The Morgan fingerprint density at radius 1 is 1.10 bits per heavy atom. The van der Waals surface area contributed by atoms with Crippen molar-refractivity contribution in [3.63, 3.8) is 0 Å². The smallest absolute Gasteiger partial charge is 0.267 e. The highest BCUT2D eigenvalue weighted by molar-refractivity contribution is 5.93. The summed E-state index contributed by atoms with van der Waals surface area (Å²) in [5.74, 6) is 0.609. The highest BCUT2D eigenvalue weighted by Crippen LogP contribution is 2.31. The first-order valence-corrected chi connectivity index (χ1v) is 7.58. The van der Waals surface area contributed by atoms with Gasteiger partial charge in [-0.1, -0.05) is 30.3 Å². The van der Waals surface area contributed by atoms with Crippen molar-refractivity contribution < 1.29 is 4.79 Å². The number of carbonyl (C=O) groups is 1. The van der Waals surface area contributed by atoms with Crippen molar-refractivity contribution in [3.8, 4) is 11.3 Å². The van der Waals surface area contributed by atoms with Gasteiger partial charge in [0.15, 0.2) is 0 Å². The third-order valence-corrected chi connectivity index (χ3v) is 4.70. The summed E-state index contributed by atoms with van der Waals surface area (Å²) in [5, 5.41) is 6.65. The summed E-state index contributed by atoms with van der Waals surface area (Å²) in [7, 11) is 0. The second-order valence-corrected chi connectivity index (χ2v) is 6.07. The van der Waals surface area contributed by atoms with Gasteiger partial charge >= 0.3 is 0 Å². The summed E-state index contributed by atoms with van der Waals surface area (Å²) in [6.45, 7) is 1.04. The van der Waals surface area contributed by atoms with Crippen LogP contribution >= 0.6 is 0 Å². The molecular weight excluding hydrogens is 262 g/mol. The molecule has 1 saturated carbocycles. The lowest BCUT2D eigenvalue weighted by Crippen LogP contribution is -2.44. The molecule has 3 unspecified atom stereocenters. The number of nitrogens with one attached hydrogen (secondary N) is 3. The number of aromatic nitrogens is 1. The van der Waals surface area contributed by atoms with Crippen LogP contribution in [0.3, 0.4) is 0 Å². The standard InChI is InChI=1S/C17H19N3O/c21-17(20-16-9-13-8-12(16)10-18-13)15-7-6-14(19-15)11-4-2-1-3-5-11/h1-7,12-13,16,18-19H,8-10H2,(H,20,21). The number of benzene rings is 1. The maximum atomic E-state index is 12.4. The van der Waals surface area contributed by atoms with E-state index in [0.717, 1.165) is 24.2 Å². The van der Waals surface area contributed by atoms with Crippen LogP contribution in [0.15, 0.2) is 42.5 Å². The first-order chi connectivity index (χ1) is 10.3. The molecule has 4 heteroatoms. The maximum Gasteiger partial charge on any atom is 0.267 e. The van der Waals surface area contributed by atoms with Crippen molar-refractivity contribution >= 4 is 5.91 Å². The van der Waals surface area contributed by atoms with Crippen molar-refractivity contribution in [1.82, 2.24) is 15.6 Å². The molecule has 2 aliphatic rings. The molecule has 1 aromatic carbocycles. The topological polar surface area (TPSA) is 56.9 Å². The fourth-order valence-electron chi connectivity index (χ4n) is 3.57. The van der Waals surface area contributed by atoms with E-state index in [0.29, 0.717) is 23.7 Å². The van der Waals surface area contributed by atoms with E-state index >= 15 is 0 Å². The highest BCUT2D eigenvalue weighted by atomic mass is 16.1. The summed E-state index contributed by atoms with van der Waals surface area (Å²) in [6.07, 6.45) is 2.26. The minimum absolute atomic E-state index is 0.00901. The van der Waals surface area contributed by atoms with E-state index < -0.39 is 0 Å². The maximum absolute atomic E-state index is 12.4. The quantitative estimate of drug-likeness (QED) is 0.807. The Labute approximate surface area is 124 Å². The second-order valence-electron chi connectivity index (χ2n) is 6.07. The number of hydrogen-bond donors (Lipinski definition) is 3. The molecule has 0 spiro atoms. The summed E-state index contributed by atoms with van der Waals surface area (Å²) in [5.41, 5.74) is 2.72. The SMILES string of the molecule is O=C(NC1CC2CC1CN2)c1ccc(-c2ccccc2)[nH]1. The number of hydrogen-bond acceptors (Lipinski definition) is 2. The number of amides is 1. The number of carbonyl (C=O) groups excluding carboxylic acids is 1. The molecule has 4 rings (SSSR count). The number of aromatic amines is 1. The van der Waals surface area contributed by atoms with Gasteiger partial charge in [0.2, 0.25) is 0 Å². The molecule has 1 aliphatic heterocycles. The van der Waals surface area contributed by atoms with E-state index in [4.69, 9.17) is 0 Å². The molecule has 3 N–H and O–H groups in total. The first kappa shape index (κ1) is 12.7. The van der Waals surface area contributed by atoms with Crippen molar-refractivity contribution in [2.45, 2.75) is 24.9 Å². The van der Waals surface area contributed by atoms with Crippen LogP contribution in [0.1, 0.15) is 23.3 Å². The normalized spacial score (nSPS) is 27.0. The van der Waals surface area contributed by atoms with Crippen molar-refractivity contribution in [2.75, 3.05) is 6.54 Å². The van der Waals surface area contributed by atoms with Gasteiger partial charge in [0.05, 0.1) is 0 Å². The lowest BCUT2D eigenvalue weighted by Gasteiger charge is -2.23. The third kappa shape index (κ3) is 2.36. The van der Waals surface area contributed by atoms with E-state index in [-0.39, 0.29) is 5.91 Å². The molecule has 108 valence electrons. The average Bonchev–Trinajstić information content (AvgIpc) is 3.24. The van der Waals surface area contributed by atoms with Crippen molar-refractivity contribution in [2.24, 2.45) is 5.92 Å². The fourth-order valence-corrected chi connectivity index (χ4v) is 3.57. The van der Waals surface area contributed by atoms with Gasteiger partial charge < -0.3 is 15.6 Å². The Morgan fingerprint density at radius 3 is 2.67 bits per heavy atom. The van der Waals surface area contributed by atoms with Crippen molar-refractivity contribution in [1.29, 1.82) is 0 Å². The molecule has 0 radical (unpaired) electrons. The van der Waals surface area contributed by atoms with E-state index in [1.165, 1.54) is 6.42 Å². The summed E-state index contributed by atoms with van der Waals surface area (Å²) < 4.78 is 0. The zero-order valence-electron chi connectivity index (χ0n) is 11.8. The zero-order valence-corrected chi connectivity index (χ0v) is 11.8. The number of rotatable bonds is 3. The third-order valence-electron chi connectivity index (χ3n) is 4.70. The van der Waals surface area contributed by atoms with Gasteiger partial charge in [0.1, 0.15) is 5.69 Å². The predicted octanol–water partition coefficient (Wildman–Crippen LogP) is 2.16. The summed E-state index contributed by atoms with van der Waals surface area (Å²) >= 11 is 0. The Kier molecular flexibility index (Phi) is 3.04. The van der Waals surface area contributed by atoms with Crippen LogP contribution in [-0.4, -0.2) is 29.5 Å². The minimum atomic E-state index is 0.00901. The fraction of sp³-hybridized carbons (Fsp3) is 0.353. The van der Waals surface area contributed by atoms with Crippen LogP contribution in [0, 0.1) is 5.92 Å². The van der Waals surface area contributed by atoms with Gasteiger partial charge in [0.25, 0.3) is 5.91 Å². The lowest BCUT2D eigenvalue weighted by molar-refractivity contribution is 0.0920.